The summed E-state index contributed by atoms with van der Waals surface area (Å²) in [5.41, 5.74) is 4.55. The van der Waals surface area contributed by atoms with E-state index in [0.717, 1.165) is 11.5 Å². The molecule has 0 aliphatic carbocycles. The van der Waals surface area contributed by atoms with E-state index < -0.39 is 0 Å². The third kappa shape index (κ3) is 2.94. The Kier molecular flexibility index (Phi) is 3.88. The molecule has 3 heteroatoms. The Morgan fingerprint density at radius 3 is 1.90 bits per heavy atom. The summed E-state index contributed by atoms with van der Waals surface area (Å²) in [4.78, 5) is 0. The van der Waals surface area contributed by atoms with E-state index >= 15 is 0 Å². The van der Waals surface area contributed by atoms with E-state index in [-0.39, 0.29) is 12.1 Å². The van der Waals surface area contributed by atoms with Crippen LogP contribution < -0.4 is 15.2 Å². The number of rotatable bonds is 6. The van der Waals surface area contributed by atoms with Crippen molar-refractivity contribution in [2.75, 3.05) is 13.8 Å². The van der Waals surface area contributed by atoms with Crippen molar-refractivity contribution in [2.45, 2.75) is 19.3 Å². The summed E-state index contributed by atoms with van der Waals surface area (Å²) in [6, 6.07) is 16.1. The molecule has 0 aliphatic heterocycles. The summed E-state index contributed by atoms with van der Waals surface area (Å²) in [6.45, 7) is 4.56. The van der Waals surface area contributed by atoms with Crippen LogP contribution in [0.4, 0.5) is 0 Å². The zero-order valence-corrected chi connectivity index (χ0v) is 12.1. The smallest absolute Gasteiger partial charge is 0.137 e. The molecule has 0 saturated heterocycles. The van der Waals surface area contributed by atoms with Gasteiger partial charge in [-0.2, -0.15) is 0 Å². The lowest BCUT2D eigenvalue weighted by atomic mass is 9.78. The lowest BCUT2D eigenvalue weighted by Crippen LogP contribution is -2.18. The highest BCUT2D eigenvalue weighted by molar-refractivity contribution is 5.41. The van der Waals surface area contributed by atoms with E-state index in [1.165, 1.54) is 11.1 Å². The summed E-state index contributed by atoms with van der Waals surface area (Å²) in [5, 5.41) is 0. The zero-order valence-electron chi connectivity index (χ0n) is 13.1. The Morgan fingerprint density at radius 2 is 1.45 bits per heavy atom. The quantitative estimate of drug-likeness (QED) is 0.820. The van der Waals surface area contributed by atoms with Crippen LogP contribution in [0.15, 0.2) is 48.5 Å². The lowest BCUT2D eigenvalue weighted by Gasteiger charge is -2.26. The van der Waals surface area contributed by atoms with Crippen molar-refractivity contribution < 1.29 is 10.9 Å². The van der Waals surface area contributed by atoms with Gasteiger partial charge in [0.2, 0.25) is 0 Å². The van der Waals surface area contributed by atoms with Crippen molar-refractivity contribution in [2.24, 2.45) is 5.73 Å². The molecule has 0 aliphatic rings. The number of nitrogens with two attached hydrogens (primary N) is 1. The van der Waals surface area contributed by atoms with Gasteiger partial charge < -0.3 is 9.47 Å². The van der Waals surface area contributed by atoms with Gasteiger partial charge in [0.1, 0.15) is 19.6 Å². The highest BCUT2D eigenvalue weighted by Gasteiger charge is 2.23. The molecule has 0 radical (unpaired) electrons. The Labute approximate surface area is 121 Å². The number of methoxy groups -OCH3 is 1. The predicted octanol–water partition coefficient (Wildman–Crippen LogP) is 3.32. The fraction of sp³-hybridized carbons (Fsp3) is 0.294. The maximum absolute atomic E-state index is 6.85. The van der Waals surface area contributed by atoms with Gasteiger partial charge in [0.25, 0.3) is 0 Å². The third-order valence-corrected chi connectivity index (χ3v) is 3.63. The first-order valence-corrected chi connectivity index (χ1v) is 6.60. The van der Waals surface area contributed by atoms with E-state index in [1.54, 1.807) is 7.11 Å². The molecule has 2 aromatic rings. The van der Waals surface area contributed by atoms with Crippen molar-refractivity contribution in [3.8, 4) is 11.5 Å². The summed E-state index contributed by atoms with van der Waals surface area (Å²) < 4.78 is 17.4. The van der Waals surface area contributed by atoms with Gasteiger partial charge in [0.05, 0.1) is 7.11 Å². The van der Waals surface area contributed by atoms with E-state index in [2.05, 4.69) is 43.8 Å². The highest BCUT2D eigenvalue weighted by Crippen LogP contribution is 2.33. The third-order valence-electron chi connectivity index (χ3n) is 3.63. The fourth-order valence-electron chi connectivity index (χ4n) is 2.23. The van der Waals surface area contributed by atoms with Gasteiger partial charge in [-0.05, 0) is 35.4 Å². The Bertz CT molecular complexity index is 564. The van der Waals surface area contributed by atoms with Crippen LogP contribution in [0.3, 0.4) is 0 Å². The van der Waals surface area contributed by atoms with Gasteiger partial charge in [-0.15, -0.1) is 0 Å². The van der Waals surface area contributed by atoms with E-state index in [9.17, 15) is 0 Å². The number of benzene rings is 2. The molecule has 0 amide bonds. The van der Waals surface area contributed by atoms with Gasteiger partial charge in [0, 0.05) is 5.41 Å². The van der Waals surface area contributed by atoms with E-state index in [1.807, 2.05) is 24.3 Å². The molecule has 0 spiro atoms. The molecule has 0 saturated carbocycles. The lowest BCUT2D eigenvalue weighted by molar-refractivity contribution is 0.329. The second kappa shape index (κ2) is 5.97. The minimum atomic E-state index is -0.0987. The summed E-state index contributed by atoms with van der Waals surface area (Å²) in [7, 11) is 1.67. The first-order chi connectivity index (χ1) is 10.1. The van der Waals surface area contributed by atoms with Crippen LogP contribution in [0.5, 0.6) is 11.5 Å². The first-order valence-electron chi connectivity index (χ1n) is 7.10. The molecule has 0 fully saturated rings. The first kappa shape index (κ1) is 13.0. The van der Waals surface area contributed by atoms with Gasteiger partial charge in [-0.3, -0.25) is 5.73 Å². The number of hydrogen-bond donors (Lipinski definition) is 1. The molecule has 20 heavy (non-hydrogen) atoms. The minimum Gasteiger partial charge on any atom is -0.497 e. The fourth-order valence-corrected chi connectivity index (χ4v) is 2.23. The van der Waals surface area contributed by atoms with Crippen LogP contribution in [0.1, 0.15) is 25.0 Å². The normalized spacial score (nSPS) is 11.8. The van der Waals surface area contributed by atoms with Gasteiger partial charge >= 0.3 is 0 Å². The molecule has 106 valence electrons. The second-order valence-electron chi connectivity index (χ2n) is 5.17. The molecule has 2 N–H and O–H groups in total. The van der Waals surface area contributed by atoms with E-state index in [4.69, 9.17) is 10.9 Å². The maximum Gasteiger partial charge on any atom is 0.137 e. The van der Waals surface area contributed by atoms with Gasteiger partial charge in [-0.1, -0.05) is 38.1 Å². The van der Waals surface area contributed by atoms with Crippen LogP contribution in [0.2, 0.25) is 1.41 Å². The van der Waals surface area contributed by atoms with Crippen LogP contribution in [0, 0.1) is 0 Å². The van der Waals surface area contributed by atoms with Crippen molar-refractivity contribution in [3.63, 3.8) is 0 Å². The number of ether oxygens (including phenoxy) is 2. The summed E-state index contributed by atoms with van der Waals surface area (Å²) in [6.07, 6.45) is 0. The molecule has 0 atom stereocenters. The Balaban J connectivity index is 2.21. The Hall–Kier alpha value is -2.00. The molecule has 2 rings (SSSR count). The SMILES string of the molecule is [2H]NCOc1ccc(C(C)(C)c2ccc(OC)cc2)cc1. The van der Waals surface area contributed by atoms with Gasteiger partial charge in [-0.25, -0.2) is 0 Å². The van der Waals surface area contributed by atoms with Gasteiger partial charge in [0.15, 0.2) is 0 Å². The average molecular weight is 272 g/mol. The monoisotopic (exact) mass is 272 g/mol. The van der Waals surface area contributed by atoms with Crippen molar-refractivity contribution in [1.29, 1.82) is 0 Å². The van der Waals surface area contributed by atoms with Crippen LogP contribution in [-0.4, -0.2) is 13.8 Å². The van der Waals surface area contributed by atoms with Crippen LogP contribution >= 0.6 is 0 Å². The molecule has 0 unspecified atom stereocenters. The average Bonchev–Trinajstić information content (AvgIpc) is 2.53. The molecule has 0 heterocycles. The highest BCUT2D eigenvalue weighted by atomic mass is 16.5. The second-order valence-corrected chi connectivity index (χ2v) is 5.17. The topological polar surface area (TPSA) is 44.5 Å². The Morgan fingerprint density at radius 1 is 0.950 bits per heavy atom. The molecular formula is C17H21NO2. The standard InChI is InChI=1S/C17H21NO2/c1-17(2,13-4-8-15(19-3)9-5-13)14-6-10-16(11-7-14)20-12-18/h4-11H,12,18H2,1-3H3/i/hD. The molecule has 3 nitrogen and oxygen atoms in total. The summed E-state index contributed by atoms with van der Waals surface area (Å²) >= 11 is 0. The van der Waals surface area contributed by atoms with E-state index in [0.29, 0.717) is 0 Å². The molecular weight excluding hydrogens is 250 g/mol. The molecule has 2 aromatic carbocycles. The maximum atomic E-state index is 6.85. The molecule has 0 aromatic heterocycles. The van der Waals surface area contributed by atoms with Crippen molar-refractivity contribution >= 4 is 0 Å². The molecule has 0 bridgehead atoms. The summed E-state index contributed by atoms with van der Waals surface area (Å²) in [5.74, 6) is 1.62. The largest absolute Gasteiger partial charge is 0.497 e. The van der Waals surface area contributed by atoms with Crippen LogP contribution in [-0.2, 0) is 5.41 Å². The van der Waals surface area contributed by atoms with Crippen LogP contribution in [0.25, 0.3) is 0 Å². The van der Waals surface area contributed by atoms with Crippen molar-refractivity contribution in [3.05, 3.63) is 59.7 Å². The van der Waals surface area contributed by atoms with Crippen molar-refractivity contribution in [1.82, 2.24) is 0 Å². The zero-order chi connectivity index (χ0) is 15.3. The predicted molar refractivity (Wildman–Crippen MR) is 81.2 cm³/mol. The number of hydrogen-bond acceptors (Lipinski definition) is 3. The minimum absolute atomic E-state index is 0.0987.